The monoisotopic (exact) mass is 398 g/mol. The van der Waals surface area contributed by atoms with E-state index in [4.69, 9.17) is 4.74 Å². The van der Waals surface area contributed by atoms with Crippen molar-refractivity contribution in [1.29, 1.82) is 0 Å². The molecule has 144 valence electrons. The molecule has 3 rings (SSSR count). The summed E-state index contributed by atoms with van der Waals surface area (Å²) in [5.41, 5.74) is 1.38. The van der Waals surface area contributed by atoms with Gasteiger partial charge in [0.15, 0.2) is 16.7 Å². The Morgan fingerprint density at radius 1 is 1.25 bits per heavy atom. The molecule has 8 heteroatoms. The number of phenolic OH excluding ortho intramolecular Hbond substituents is 1. The molecule has 1 aliphatic heterocycles. The molecule has 0 bridgehead atoms. The summed E-state index contributed by atoms with van der Waals surface area (Å²) in [5.74, 6) is -1.09. The first-order valence-electron chi connectivity index (χ1n) is 8.37. The predicted molar refractivity (Wildman–Crippen MR) is 109 cm³/mol. The maximum absolute atomic E-state index is 13.0. The fourth-order valence-corrected chi connectivity index (χ4v) is 3.39. The molecule has 0 aliphatic carbocycles. The van der Waals surface area contributed by atoms with E-state index in [1.165, 1.54) is 25.0 Å². The van der Waals surface area contributed by atoms with Crippen LogP contribution in [0.2, 0.25) is 0 Å². The highest BCUT2D eigenvalue weighted by Gasteiger charge is 2.34. The summed E-state index contributed by atoms with van der Waals surface area (Å²) in [5, 5.41) is 18.5. The van der Waals surface area contributed by atoms with Crippen LogP contribution < -0.4 is 9.64 Å². The summed E-state index contributed by atoms with van der Waals surface area (Å²) in [4.78, 5) is 30.0. The van der Waals surface area contributed by atoms with Gasteiger partial charge in [-0.1, -0.05) is 36.0 Å². The van der Waals surface area contributed by atoms with Crippen molar-refractivity contribution in [1.82, 2.24) is 0 Å². The Balaban J connectivity index is 2.01. The number of amidine groups is 1. The number of aliphatic carboxylic acids is 1. The molecule has 1 atom stereocenters. The number of carbonyl (C=O) groups excluding carboxylic acids is 1. The van der Waals surface area contributed by atoms with Crippen LogP contribution in [0.25, 0.3) is 6.08 Å². The SMILES string of the molecule is COc1cc(/C=C2/N=C(SC(C)C(=O)O)N(c3ccccc3)C2=O)ccc1O. The normalized spacial score (nSPS) is 16.2. The van der Waals surface area contributed by atoms with Crippen LogP contribution in [0.3, 0.4) is 0 Å². The minimum atomic E-state index is -0.992. The molecule has 7 nitrogen and oxygen atoms in total. The molecule has 1 heterocycles. The number of carboxylic acids is 1. The zero-order chi connectivity index (χ0) is 20.3. The smallest absolute Gasteiger partial charge is 0.316 e. The van der Waals surface area contributed by atoms with E-state index >= 15 is 0 Å². The van der Waals surface area contributed by atoms with Gasteiger partial charge in [0.2, 0.25) is 0 Å². The molecule has 0 saturated heterocycles. The summed E-state index contributed by atoms with van der Waals surface area (Å²) >= 11 is 0.996. The highest BCUT2D eigenvalue weighted by molar-refractivity contribution is 8.15. The van der Waals surface area contributed by atoms with Gasteiger partial charge in [-0.25, -0.2) is 4.99 Å². The van der Waals surface area contributed by atoms with Crippen LogP contribution in [0, 0.1) is 0 Å². The minimum absolute atomic E-state index is 0.0108. The molecule has 0 radical (unpaired) electrons. The highest BCUT2D eigenvalue weighted by Crippen LogP contribution is 2.32. The second-order valence-corrected chi connectivity index (χ2v) is 7.24. The number of anilines is 1. The molecule has 0 aromatic heterocycles. The van der Waals surface area contributed by atoms with Crippen LogP contribution in [-0.2, 0) is 9.59 Å². The fraction of sp³-hybridized carbons (Fsp3) is 0.150. The van der Waals surface area contributed by atoms with Crippen molar-refractivity contribution in [3.05, 3.63) is 59.8 Å². The Morgan fingerprint density at radius 3 is 2.61 bits per heavy atom. The highest BCUT2D eigenvalue weighted by atomic mass is 32.2. The Labute approximate surface area is 166 Å². The zero-order valence-electron chi connectivity index (χ0n) is 15.2. The van der Waals surface area contributed by atoms with Gasteiger partial charge in [0.1, 0.15) is 10.9 Å². The van der Waals surface area contributed by atoms with Gasteiger partial charge in [0.25, 0.3) is 5.91 Å². The maximum Gasteiger partial charge on any atom is 0.316 e. The van der Waals surface area contributed by atoms with E-state index in [-0.39, 0.29) is 23.1 Å². The van der Waals surface area contributed by atoms with E-state index in [2.05, 4.69) is 4.99 Å². The average molecular weight is 398 g/mol. The lowest BCUT2D eigenvalue weighted by Gasteiger charge is -2.18. The molecule has 2 aromatic rings. The summed E-state index contributed by atoms with van der Waals surface area (Å²) in [6.07, 6.45) is 1.57. The first-order chi connectivity index (χ1) is 13.4. The van der Waals surface area contributed by atoms with Gasteiger partial charge in [-0.2, -0.15) is 0 Å². The van der Waals surface area contributed by atoms with Gasteiger partial charge in [0.05, 0.1) is 12.8 Å². The number of carboxylic acid groups (broad SMARTS) is 1. The number of hydrogen-bond donors (Lipinski definition) is 2. The van der Waals surface area contributed by atoms with Crippen molar-refractivity contribution in [3.8, 4) is 11.5 Å². The first-order valence-corrected chi connectivity index (χ1v) is 9.25. The van der Waals surface area contributed by atoms with Crippen LogP contribution in [0.5, 0.6) is 11.5 Å². The lowest BCUT2D eigenvalue weighted by atomic mass is 10.1. The van der Waals surface area contributed by atoms with E-state index in [0.717, 1.165) is 11.8 Å². The number of ether oxygens (including phenoxy) is 1. The Bertz CT molecular complexity index is 972. The molecular formula is C20H18N2O5S. The lowest BCUT2D eigenvalue weighted by Crippen LogP contribution is -2.32. The number of amides is 1. The van der Waals surface area contributed by atoms with Crippen LogP contribution in [0.1, 0.15) is 12.5 Å². The third-order valence-corrected chi connectivity index (χ3v) is 5.02. The summed E-state index contributed by atoms with van der Waals surface area (Å²) in [7, 11) is 1.43. The number of rotatable bonds is 5. The number of aliphatic imine (C=N–C) groups is 1. The fourth-order valence-electron chi connectivity index (χ4n) is 2.53. The second-order valence-electron chi connectivity index (χ2n) is 5.93. The molecule has 28 heavy (non-hydrogen) atoms. The summed E-state index contributed by atoms with van der Waals surface area (Å²) in [6, 6.07) is 13.6. The molecular weight excluding hydrogens is 380 g/mol. The predicted octanol–water partition coefficient (Wildman–Crippen LogP) is 3.35. The van der Waals surface area contributed by atoms with Gasteiger partial charge >= 0.3 is 5.97 Å². The zero-order valence-corrected chi connectivity index (χ0v) is 16.0. The molecule has 2 aromatic carbocycles. The number of phenols is 1. The quantitative estimate of drug-likeness (QED) is 0.750. The number of hydrogen-bond acceptors (Lipinski definition) is 6. The van der Waals surface area contributed by atoms with Crippen molar-refractivity contribution >= 4 is 40.6 Å². The van der Waals surface area contributed by atoms with Gasteiger partial charge in [-0.3, -0.25) is 14.5 Å². The number of nitrogens with zero attached hydrogens (tertiary/aromatic N) is 2. The largest absolute Gasteiger partial charge is 0.504 e. The Kier molecular flexibility index (Phi) is 5.70. The van der Waals surface area contributed by atoms with Crippen molar-refractivity contribution in [3.63, 3.8) is 0 Å². The summed E-state index contributed by atoms with van der Waals surface area (Å²) < 4.78 is 5.09. The molecule has 1 unspecified atom stereocenters. The maximum atomic E-state index is 13.0. The standard InChI is InChI=1S/C20H18N2O5S/c1-12(19(25)26)28-20-21-15(10-13-8-9-16(23)17(11-13)27-2)18(24)22(20)14-6-4-3-5-7-14/h3-12,23H,1-2H3,(H,25,26)/b15-10+. The number of thioether (sulfide) groups is 1. The van der Waals surface area contributed by atoms with Gasteiger partial charge < -0.3 is 14.9 Å². The van der Waals surface area contributed by atoms with Crippen LogP contribution in [0.4, 0.5) is 5.69 Å². The number of methoxy groups -OCH3 is 1. The van der Waals surface area contributed by atoms with Crippen LogP contribution >= 0.6 is 11.8 Å². The molecule has 1 amide bonds. The van der Waals surface area contributed by atoms with Gasteiger partial charge in [-0.15, -0.1) is 0 Å². The number of para-hydroxylation sites is 1. The van der Waals surface area contributed by atoms with Gasteiger partial charge in [0, 0.05) is 0 Å². The van der Waals surface area contributed by atoms with E-state index < -0.39 is 11.2 Å². The Hall–Kier alpha value is -3.26. The molecule has 2 N–H and O–H groups in total. The van der Waals surface area contributed by atoms with E-state index in [0.29, 0.717) is 16.4 Å². The van der Waals surface area contributed by atoms with Crippen molar-refractivity contribution < 1.29 is 24.5 Å². The van der Waals surface area contributed by atoms with E-state index in [1.54, 1.807) is 42.5 Å². The van der Waals surface area contributed by atoms with Crippen molar-refractivity contribution in [2.45, 2.75) is 12.2 Å². The number of carbonyl (C=O) groups is 2. The second kappa shape index (κ2) is 8.18. The molecule has 0 spiro atoms. The topological polar surface area (TPSA) is 99.4 Å². The lowest BCUT2D eigenvalue weighted by molar-refractivity contribution is -0.136. The van der Waals surface area contributed by atoms with Crippen LogP contribution in [-0.4, -0.2) is 39.6 Å². The number of benzene rings is 2. The van der Waals surface area contributed by atoms with Crippen LogP contribution in [0.15, 0.2) is 59.2 Å². The molecule has 0 saturated carbocycles. The third kappa shape index (κ3) is 4.01. The molecule has 0 fully saturated rings. The van der Waals surface area contributed by atoms with Crippen molar-refractivity contribution in [2.24, 2.45) is 4.99 Å². The number of aromatic hydroxyl groups is 1. The summed E-state index contributed by atoms with van der Waals surface area (Å²) in [6.45, 7) is 1.54. The van der Waals surface area contributed by atoms with Crippen molar-refractivity contribution in [2.75, 3.05) is 12.0 Å². The minimum Gasteiger partial charge on any atom is -0.504 e. The van der Waals surface area contributed by atoms with E-state index in [1.807, 2.05) is 6.07 Å². The first kappa shape index (κ1) is 19.5. The third-order valence-electron chi connectivity index (χ3n) is 3.98. The Morgan fingerprint density at radius 2 is 1.96 bits per heavy atom. The average Bonchev–Trinajstić information content (AvgIpc) is 2.98. The van der Waals surface area contributed by atoms with E-state index in [9.17, 15) is 19.8 Å². The molecule has 1 aliphatic rings. The van der Waals surface area contributed by atoms with Gasteiger partial charge in [-0.05, 0) is 42.8 Å².